The SMILES string of the molecule is Cc1ccc(C)c(Cn2nc(C)c(S(=O)(=O)N3CCC(C)CC3)c2C)c1. The molecule has 1 aliphatic heterocycles. The minimum absolute atomic E-state index is 0.386. The van der Waals surface area contributed by atoms with Crippen molar-refractivity contribution in [2.45, 2.75) is 58.9 Å². The van der Waals surface area contributed by atoms with Gasteiger partial charge in [-0.05, 0) is 57.6 Å². The predicted octanol–water partition coefficient (Wildman–Crippen LogP) is 3.59. The highest BCUT2D eigenvalue weighted by Crippen LogP contribution is 2.28. The van der Waals surface area contributed by atoms with Gasteiger partial charge in [-0.2, -0.15) is 9.40 Å². The Bertz CT molecular complexity index is 907. The van der Waals surface area contributed by atoms with Crippen LogP contribution in [-0.4, -0.2) is 35.6 Å². The molecule has 5 nitrogen and oxygen atoms in total. The first-order valence-corrected chi connectivity index (χ1v) is 10.7. The van der Waals surface area contributed by atoms with E-state index in [-0.39, 0.29) is 0 Å². The monoisotopic (exact) mass is 375 g/mol. The van der Waals surface area contributed by atoms with Crippen molar-refractivity contribution in [1.82, 2.24) is 14.1 Å². The van der Waals surface area contributed by atoms with E-state index in [1.54, 1.807) is 11.2 Å². The van der Waals surface area contributed by atoms with Crippen molar-refractivity contribution in [3.63, 3.8) is 0 Å². The van der Waals surface area contributed by atoms with Crippen LogP contribution in [0.1, 0.15) is 47.8 Å². The second-order valence-corrected chi connectivity index (χ2v) is 9.55. The highest BCUT2D eigenvalue weighted by Gasteiger charge is 2.33. The largest absolute Gasteiger partial charge is 0.264 e. The lowest BCUT2D eigenvalue weighted by molar-refractivity contribution is 0.288. The van der Waals surface area contributed by atoms with Crippen LogP contribution < -0.4 is 0 Å². The average Bonchev–Trinajstić information content (AvgIpc) is 2.85. The van der Waals surface area contributed by atoms with E-state index < -0.39 is 10.0 Å². The smallest absolute Gasteiger partial charge is 0.246 e. The minimum Gasteiger partial charge on any atom is -0.264 e. The van der Waals surface area contributed by atoms with E-state index in [0.29, 0.717) is 36.1 Å². The van der Waals surface area contributed by atoms with E-state index in [1.165, 1.54) is 16.7 Å². The predicted molar refractivity (Wildman–Crippen MR) is 104 cm³/mol. The van der Waals surface area contributed by atoms with Gasteiger partial charge in [-0.1, -0.05) is 30.7 Å². The molecule has 1 fully saturated rings. The van der Waals surface area contributed by atoms with Gasteiger partial charge in [-0.15, -0.1) is 0 Å². The molecule has 0 aliphatic carbocycles. The lowest BCUT2D eigenvalue weighted by atomic mass is 10.0. The number of aryl methyl sites for hydroxylation is 3. The van der Waals surface area contributed by atoms with E-state index in [0.717, 1.165) is 18.5 Å². The van der Waals surface area contributed by atoms with Crippen LogP contribution in [0.2, 0.25) is 0 Å². The van der Waals surface area contributed by atoms with E-state index in [4.69, 9.17) is 0 Å². The lowest BCUT2D eigenvalue weighted by Crippen LogP contribution is -2.38. The fraction of sp³-hybridized carbons (Fsp3) is 0.550. The normalized spacial score (nSPS) is 17.0. The standard InChI is InChI=1S/C20H29N3O2S/c1-14-8-10-22(11-9-14)26(24,25)20-17(4)21-23(18(20)5)13-19-12-15(2)6-7-16(19)3/h6-7,12,14H,8-11,13H2,1-5H3. The molecule has 0 spiro atoms. The fourth-order valence-electron chi connectivity index (χ4n) is 3.69. The van der Waals surface area contributed by atoms with Gasteiger partial charge in [0.1, 0.15) is 4.90 Å². The van der Waals surface area contributed by atoms with Gasteiger partial charge in [0, 0.05) is 13.1 Å². The molecule has 0 radical (unpaired) electrons. The van der Waals surface area contributed by atoms with Gasteiger partial charge in [0.15, 0.2) is 0 Å². The van der Waals surface area contributed by atoms with Crippen LogP contribution in [-0.2, 0) is 16.6 Å². The molecule has 1 aromatic heterocycles. The van der Waals surface area contributed by atoms with Gasteiger partial charge >= 0.3 is 0 Å². The Morgan fingerprint density at radius 3 is 2.42 bits per heavy atom. The molecule has 142 valence electrons. The Labute approximate surface area is 157 Å². The Morgan fingerprint density at radius 1 is 1.12 bits per heavy atom. The molecule has 0 amide bonds. The van der Waals surface area contributed by atoms with Crippen molar-refractivity contribution in [2.75, 3.05) is 13.1 Å². The zero-order chi connectivity index (χ0) is 19.1. The summed E-state index contributed by atoms with van der Waals surface area (Å²) in [7, 11) is -3.49. The zero-order valence-electron chi connectivity index (χ0n) is 16.4. The first-order chi connectivity index (χ1) is 12.2. The molecule has 2 heterocycles. The van der Waals surface area contributed by atoms with E-state index in [2.05, 4.69) is 44.1 Å². The number of nitrogens with zero attached hydrogens (tertiary/aromatic N) is 3. The second kappa shape index (κ2) is 7.16. The van der Waals surface area contributed by atoms with Crippen molar-refractivity contribution >= 4 is 10.0 Å². The van der Waals surface area contributed by atoms with Crippen LogP contribution in [0.5, 0.6) is 0 Å². The number of hydrogen-bond acceptors (Lipinski definition) is 3. The summed E-state index contributed by atoms with van der Waals surface area (Å²) in [6, 6.07) is 6.34. The fourth-order valence-corrected chi connectivity index (χ4v) is 5.54. The summed E-state index contributed by atoms with van der Waals surface area (Å²) < 4.78 is 29.9. The second-order valence-electron chi connectivity index (χ2n) is 7.67. The van der Waals surface area contributed by atoms with Gasteiger partial charge in [-0.25, -0.2) is 8.42 Å². The molecule has 1 aromatic carbocycles. The van der Waals surface area contributed by atoms with Crippen LogP contribution in [0.3, 0.4) is 0 Å². The van der Waals surface area contributed by atoms with Crippen molar-refractivity contribution in [3.05, 3.63) is 46.3 Å². The summed E-state index contributed by atoms with van der Waals surface area (Å²) in [5.74, 6) is 0.593. The number of hydrogen-bond donors (Lipinski definition) is 0. The van der Waals surface area contributed by atoms with E-state index in [1.807, 2.05) is 11.6 Å². The summed E-state index contributed by atoms with van der Waals surface area (Å²) in [5, 5.41) is 4.56. The third kappa shape index (κ3) is 3.58. The molecule has 6 heteroatoms. The summed E-state index contributed by atoms with van der Waals surface area (Å²) >= 11 is 0. The van der Waals surface area contributed by atoms with Gasteiger partial charge in [-0.3, -0.25) is 4.68 Å². The third-order valence-electron chi connectivity index (χ3n) is 5.48. The first kappa shape index (κ1) is 19.1. The lowest BCUT2D eigenvalue weighted by Gasteiger charge is -2.29. The number of sulfonamides is 1. The van der Waals surface area contributed by atoms with E-state index >= 15 is 0 Å². The van der Waals surface area contributed by atoms with Crippen molar-refractivity contribution in [3.8, 4) is 0 Å². The van der Waals surface area contributed by atoms with Gasteiger partial charge < -0.3 is 0 Å². The first-order valence-electron chi connectivity index (χ1n) is 9.30. The molecule has 0 unspecified atom stereocenters. The topological polar surface area (TPSA) is 55.2 Å². The molecule has 0 saturated carbocycles. The Kier molecular flexibility index (Phi) is 5.26. The molecule has 3 rings (SSSR count). The molecular weight excluding hydrogens is 346 g/mol. The summed E-state index contributed by atoms with van der Waals surface area (Å²) in [6.07, 6.45) is 1.85. The number of aromatic nitrogens is 2. The summed E-state index contributed by atoms with van der Waals surface area (Å²) in [4.78, 5) is 0.386. The minimum atomic E-state index is -3.49. The van der Waals surface area contributed by atoms with Crippen LogP contribution >= 0.6 is 0 Å². The highest BCUT2D eigenvalue weighted by atomic mass is 32.2. The molecule has 0 N–H and O–H groups in total. The van der Waals surface area contributed by atoms with Crippen molar-refractivity contribution in [1.29, 1.82) is 0 Å². The zero-order valence-corrected chi connectivity index (χ0v) is 17.2. The molecule has 26 heavy (non-hydrogen) atoms. The van der Waals surface area contributed by atoms with Gasteiger partial charge in [0.25, 0.3) is 0 Å². The quantitative estimate of drug-likeness (QED) is 0.821. The van der Waals surface area contributed by atoms with Crippen LogP contribution in [0, 0.1) is 33.6 Å². The maximum Gasteiger partial charge on any atom is 0.246 e. The number of rotatable bonds is 4. The van der Waals surface area contributed by atoms with Gasteiger partial charge in [0.05, 0.1) is 17.9 Å². The molecule has 2 aromatic rings. The van der Waals surface area contributed by atoms with Crippen LogP contribution in [0.15, 0.2) is 23.1 Å². The number of piperidine rings is 1. The Morgan fingerprint density at radius 2 is 1.77 bits per heavy atom. The molecule has 0 bridgehead atoms. The molecule has 1 saturated heterocycles. The maximum absolute atomic E-state index is 13.2. The molecule has 0 atom stereocenters. The van der Waals surface area contributed by atoms with Crippen LogP contribution in [0.25, 0.3) is 0 Å². The summed E-state index contributed by atoms with van der Waals surface area (Å²) in [5.41, 5.74) is 4.87. The third-order valence-corrected chi connectivity index (χ3v) is 7.63. The van der Waals surface area contributed by atoms with Crippen molar-refractivity contribution < 1.29 is 8.42 Å². The number of benzene rings is 1. The van der Waals surface area contributed by atoms with Crippen molar-refractivity contribution in [2.24, 2.45) is 5.92 Å². The Balaban J connectivity index is 1.94. The molecule has 1 aliphatic rings. The van der Waals surface area contributed by atoms with E-state index in [9.17, 15) is 8.42 Å². The average molecular weight is 376 g/mol. The van der Waals surface area contributed by atoms with Crippen LogP contribution in [0.4, 0.5) is 0 Å². The Hall–Kier alpha value is -1.66. The van der Waals surface area contributed by atoms with Gasteiger partial charge in [0.2, 0.25) is 10.0 Å². The summed E-state index contributed by atoms with van der Waals surface area (Å²) in [6.45, 7) is 11.8. The molecular formula is C20H29N3O2S. The maximum atomic E-state index is 13.2. The highest BCUT2D eigenvalue weighted by molar-refractivity contribution is 7.89.